The highest BCUT2D eigenvalue weighted by Crippen LogP contribution is 2.29. The maximum absolute atomic E-state index is 9.65. The minimum Gasteiger partial charge on any atom is -0.456 e. The van der Waals surface area contributed by atoms with E-state index in [1.54, 1.807) is 18.3 Å². The Labute approximate surface area is 198 Å². The summed E-state index contributed by atoms with van der Waals surface area (Å²) in [6.45, 7) is 3.32. The predicted octanol–water partition coefficient (Wildman–Crippen LogP) is 5.39. The molecule has 1 saturated heterocycles. The lowest BCUT2D eigenvalue weighted by Gasteiger charge is -2.28. The van der Waals surface area contributed by atoms with Crippen molar-refractivity contribution in [1.82, 2.24) is 9.97 Å². The van der Waals surface area contributed by atoms with Gasteiger partial charge in [-0.15, -0.1) is 0 Å². The number of benzene rings is 3. The number of nitriles is 1. The summed E-state index contributed by atoms with van der Waals surface area (Å²) in [7, 11) is 0. The number of nitrogens with one attached hydrogen (secondary N) is 1. The van der Waals surface area contributed by atoms with Crippen LogP contribution < -0.4 is 15.0 Å². The van der Waals surface area contributed by atoms with Crippen LogP contribution in [0.4, 0.5) is 17.3 Å². The molecule has 0 spiro atoms. The largest absolute Gasteiger partial charge is 0.456 e. The molecule has 4 aromatic rings. The van der Waals surface area contributed by atoms with Crippen LogP contribution in [0.1, 0.15) is 5.56 Å². The Morgan fingerprint density at radius 1 is 0.941 bits per heavy atom. The molecule has 168 valence electrons. The normalized spacial score (nSPS) is 13.2. The second-order valence-electron chi connectivity index (χ2n) is 7.77. The molecule has 1 aliphatic heterocycles. The third-order valence-electron chi connectivity index (χ3n) is 5.52. The quantitative estimate of drug-likeness (QED) is 0.423. The standard InChI is InChI=1S/C27H23N5O2/c28-19-21-18-20(6-11-26(21)34-24-4-2-1-3-5-24)25-12-13-29-27(31-25)30-22-7-9-23(10-8-22)32-14-16-33-17-15-32/h1-13,18H,14-17H2,(H,29,30,31). The van der Waals surface area contributed by atoms with Crippen molar-refractivity contribution in [3.63, 3.8) is 0 Å². The van der Waals surface area contributed by atoms with Gasteiger partial charge in [0, 0.05) is 36.2 Å². The third-order valence-corrected chi connectivity index (χ3v) is 5.52. The van der Waals surface area contributed by atoms with Crippen LogP contribution in [0.3, 0.4) is 0 Å². The van der Waals surface area contributed by atoms with E-state index < -0.39 is 0 Å². The molecule has 1 aliphatic rings. The third kappa shape index (κ3) is 4.98. The molecular weight excluding hydrogens is 426 g/mol. The van der Waals surface area contributed by atoms with Crippen LogP contribution in [-0.4, -0.2) is 36.3 Å². The first-order chi connectivity index (χ1) is 16.8. The summed E-state index contributed by atoms with van der Waals surface area (Å²) < 4.78 is 11.3. The molecule has 0 aliphatic carbocycles. The molecular formula is C27H23N5O2. The first-order valence-electron chi connectivity index (χ1n) is 11.1. The molecule has 0 bridgehead atoms. The van der Waals surface area contributed by atoms with Gasteiger partial charge in [-0.3, -0.25) is 0 Å². The molecule has 3 aromatic carbocycles. The van der Waals surface area contributed by atoms with Crippen LogP contribution in [0.25, 0.3) is 11.3 Å². The van der Waals surface area contributed by atoms with Gasteiger partial charge in [-0.1, -0.05) is 18.2 Å². The SMILES string of the molecule is N#Cc1cc(-c2ccnc(Nc3ccc(N4CCOCC4)cc3)n2)ccc1Oc1ccccc1. The van der Waals surface area contributed by atoms with Gasteiger partial charge >= 0.3 is 0 Å². The van der Waals surface area contributed by atoms with Crippen LogP contribution in [-0.2, 0) is 4.74 Å². The molecule has 1 N–H and O–H groups in total. The summed E-state index contributed by atoms with van der Waals surface area (Å²) in [5, 5.41) is 12.9. The van der Waals surface area contributed by atoms with Gasteiger partial charge in [-0.25, -0.2) is 9.97 Å². The Kier molecular flexibility index (Phi) is 6.32. The highest BCUT2D eigenvalue weighted by molar-refractivity contribution is 5.66. The Morgan fingerprint density at radius 2 is 1.74 bits per heavy atom. The van der Waals surface area contributed by atoms with Crippen molar-refractivity contribution < 1.29 is 9.47 Å². The number of hydrogen-bond donors (Lipinski definition) is 1. The van der Waals surface area contributed by atoms with Crippen molar-refractivity contribution in [2.45, 2.75) is 0 Å². The topological polar surface area (TPSA) is 83.3 Å². The molecule has 2 heterocycles. The van der Waals surface area contributed by atoms with Gasteiger partial charge in [0.05, 0.1) is 24.5 Å². The Bertz CT molecular complexity index is 1300. The average Bonchev–Trinajstić information content (AvgIpc) is 2.91. The van der Waals surface area contributed by atoms with E-state index in [-0.39, 0.29) is 0 Å². The molecule has 7 heteroatoms. The van der Waals surface area contributed by atoms with Gasteiger partial charge in [0.2, 0.25) is 5.95 Å². The second kappa shape index (κ2) is 10.0. The van der Waals surface area contributed by atoms with Crippen LogP contribution in [0.2, 0.25) is 0 Å². The van der Waals surface area contributed by atoms with Crippen molar-refractivity contribution in [1.29, 1.82) is 5.26 Å². The molecule has 0 amide bonds. The number of aromatic nitrogens is 2. The zero-order valence-electron chi connectivity index (χ0n) is 18.5. The van der Waals surface area contributed by atoms with E-state index in [0.717, 1.165) is 37.6 Å². The number of ether oxygens (including phenoxy) is 2. The monoisotopic (exact) mass is 449 g/mol. The maximum atomic E-state index is 9.65. The van der Waals surface area contributed by atoms with Gasteiger partial charge in [0.15, 0.2) is 0 Å². The fraction of sp³-hybridized carbons (Fsp3) is 0.148. The summed E-state index contributed by atoms with van der Waals surface area (Å²) in [6, 6.07) is 27.1. The molecule has 34 heavy (non-hydrogen) atoms. The smallest absolute Gasteiger partial charge is 0.227 e. The number of para-hydroxylation sites is 1. The van der Waals surface area contributed by atoms with Gasteiger partial charge in [0.1, 0.15) is 17.6 Å². The minimum absolute atomic E-state index is 0.438. The van der Waals surface area contributed by atoms with E-state index in [0.29, 0.717) is 28.7 Å². The van der Waals surface area contributed by atoms with Crippen molar-refractivity contribution in [3.8, 4) is 28.8 Å². The summed E-state index contributed by atoms with van der Waals surface area (Å²) >= 11 is 0. The minimum atomic E-state index is 0.438. The first-order valence-corrected chi connectivity index (χ1v) is 11.1. The Morgan fingerprint density at radius 3 is 2.50 bits per heavy atom. The van der Waals surface area contributed by atoms with E-state index in [4.69, 9.17) is 9.47 Å². The summed E-state index contributed by atoms with van der Waals surface area (Å²) in [4.78, 5) is 11.3. The van der Waals surface area contributed by atoms with Crippen molar-refractivity contribution in [2.75, 3.05) is 36.5 Å². The second-order valence-corrected chi connectivity index (χ2v) is 7.77. The van der Waals surface area contributed by atoms with Crippen molar-refractivity contribution in [2.24, 2.45) is 0 Å². The van der Waals surface area contributed by atoms with Gasteiger partial charge in [-0.05, 0) is 60.7 Å². The van der Waals surface area contributed by atoms with E-state index in [9.17, 15) is 5.26 Å². The lowest BCUT2D eigenvalue weighted by atomic mass is 10.1. The number of anilines is 3. The van der Waals surface area contributed by atoms with E-state index >= 15 is 0 Å². The average molecular weight is 450 g/mol. The van der Waals surface area contributed by atoms with E-state index in [1.807, 2.05) is 54.6 Å². The summed E-state index contributed by atoms with van der Waals surface area (Å²) in [5.74, 6) is 1.67. The molecule has 7 nitrogen and oxygen atoms in total. The molecule has 0 radical (unpaired) electrons. The van der Waals surface area contributed by atoms with E-state index in [1.165, 1.54) is 5.69 Å². The molecule has 0 saturated carbocycles. The van der Waals surface area contributed by atoms with Crippen molar-refractivity contribution >= 4 is 17.3 Å². The fourth-order valence-electron chi connectivity index (χ4n) is 3.77. The number of rotatable bonds is 6. The van der Waals surface area contributed by atoms with Gasteiger partial charge in [0.25, 0.3) is 0 Å². The zero-order valence-corrected chi connectivity index (χ0v) is 18.5. The molecule has 0 atom stereocenters. The fourth-order valence-corrected chi connectivity index (χ4v) is 3.77. The van der Waals surface area contributed by atoms with Crippen LogP contribution in [0.5, 0.6) is 11.5 Å². The number of hydrogen-bond acceptors (Lipinski definition) is 7. The molecule has 1 aromatic heterocycles. The summed E-state index contributed by atoms with van der Waals surface area (Å²) in [6.07, 6.45) is 1.70. The predicted molar refractivity (Wildman–Crippen MR) is 131 cm³/mol. The first kappa shape index (κ1) is 21.4. The van der Waals surface area contributed by atoms with Gasteiger partial charge < -0.3 is 19.7 Å². The molecule has 1 fully saturated rings. The van der Waals surface area contributed by atoms with E-state index in [2.05, 4.69) is 38.4 Å². The van der Waals surface area contributed by atoms with Crippen LogP contribution in [0.15, 0.2) is 85.1 Å². The molecule has 5 rings (SSSR count). The number of morpholine rings is 1. The van der Waals surface area contributed by atoms with Crippen LogP contribution >= 0.6 is 0 Å². The van der Waals surface area contributed by atoms with Crippen molar-refractivity contribution in [3.05, 3.63) is 90.6 Å². The molecule has 0 unspecified atom stereocenters. The zero-order chi connectivity index (χ0) is 23.2. The lowest BCUT2D eigenvalue weighted by molar-refractivity contribution is 0.122. The van der Waals surface area contributed by atoms with Gasteiger partial charge in [-0.2, -0.15) is 5.26 Å². The maximum Gasteiger partial charge on any atom is 0.227 e. The Hall–Kier alpha value is -4.41. The summed E-state index contributed by atoms with van der Waals surface area (Å²) in [5.41, 5.74) is 4.03. The van der Waals surface area contributed by atoms with Crippen LogP contribution in [0, 0.1) is 11.3 Å². The lowest BCUT2D eigenvalue weighted by Crippen LogP contribution is -2.36. The Balaban J connectivity index is 1.32. The highest BCUT2D eigenvalue weighted by atomic mass is 16.5. The highest BCUT2D eigenvalue weighted by Gasteiger charge is 2.12. The number of nitrogens with zero attached hydrogens (tertiary/aromatic N) is 4.